The highest BCUT2D eigenvalue weighted by molar-refractivity contribution is 6.33. The van der Waals surface area contributed by atoms with Gasteiger partial charge in [-0.2, -0.15) is 10.4 Å². The van der Waals surface area contributed by atoms with E-state index in [0.717, 1.165) is 0 Å². The maximum Gasteiger partial charge on any atom is 0.322 e. The summed E-state index contributed by atoms with van der Waals surface area (Å²) in [6.45, 7) is 3.10. The van der Waals surface area contributed by atoms with E-state index in [-0.39, 0.29) is 18.1 Å². The highest BCUT2D eigenvalue weighted by Crippen LogP contribution is 2.38. The first-order valence-electron chi connectivity index (χ1n) is 10.5. The quantitative estimate of drug-likeness (QED) is 0.477. The van der Waals surface area contributed by atoms with Crippen LogP contribution in [0.4, 0.5) is 16.2 Å². The number of primary amides is 1. The van der Waals surface area contributed by atoms with Crippen molar-refractivity contribution in [3.05, 3.63) is 58.2 Å². The van der Waals surface area contributed by atoms with Gasteiger partial charge in [0.2, 0.25) is 0 Å². The maximum atomic E-state index is 12.8. The summed E-state index contributed by atoms with van der Waals surface area (Å²) in [4.78, 5) is 26.8. The van der Waals surface area contributed by atoms with Gasteiger partial charge < -0.3 is 26.4 Å². The molecule has 0 saturated heterocycles. The van der Waals surface area contributed by atoms with E-state index >= 15 is 0 Å². The summed E-state index contributed by atoms with van der Waals surface area (Å²) in [7, 11) is 0. The summed E-state index contributed by atoms with van der Waals surface area (Å²) in [6.07, 6.45) is 0. The number of nitrogen functional groups attached to an aromatic ring is 1. The van der Waals surface area contributed by atoms with Crippen LogP contribution in [-0.2, 0) is 13.1 Å². The number of ether oxygens (including phenoxy) is 1. The van der Waals surface area contributed by atoms with Crippen LogP contribution >= 0.6 is 11.6 Å². The van der Waals surface area contributed by atoms with Crippen molar-refractivity contribution in [3.63, 3.8) is 0 Å². The molecule has 1 aromatic heterocycles. The third kappa shape index (κ3) is 4.33. The van der Waals surface area contributed by atoms with Gasteiger partial charge in [-0.25, -0.2) is 4.79 Å². The van der Waals surface area contributed by atoms with Gasteiger partial charge in [-0.1, -0.05) is 11.6 Å². The summed E-state index contributed by atoms with van der Waals surface area (Å²) in [5.74, 6) is -0.308. The first kappa shape index (κ1) is 22.9. The third-order valence-corrected chi connectivity index (χ3v) is 5.69. The Hall–Kier alpha value is -4.23. The van der Waals surface area contributed by atoms with Crippen LogP contribution in [-0.4, -0.2) is 39.8 Å². The van der Waals surface area contributed by atoms with E-state index in [9.17, 15) is 9.59 Å². The molecule has 5 N–H and O–H groups in total. The third-order valence-electron chi connectivity index (χ3n) is 5.41. The predicted octanol–water partition coefficient (Wildman–Crippen LogP) is 3.20. The lowest BCUT2D eigenvalue weighted by atomic mass is 10.0. The van der Waals surface area contributed by atoms with Crippen LogP contribution in [0.2, 0.25) is 5.02 Å². The van der Waals surface area contributed by atoms with E-state index in [4.69, 9.17) is 33.1 Å². The summed E-state index contributed by atoms with van der Waals surface area (Å²) in [6, 6.07) is 11.5. The number of hydrogen-bond donors (Lipinski definition) is 3. The maximum absolute atomic E-state index is 12.8. The average Bonchev–Trinajstić information content (AvgIpc) is 3.21. The van der Waals surface area contributed by atoms with Crippen LogP contribution in [0, 0.1) is 11.3 Å². The second-order valence-corrected chi connectivity index (χ2v) is 8.02. The number of halogens is 1. The number of rotatable bonds is 5. The molecule has 4 rings (SSSR count). The molecule has 0 atom stereocenters. The minimum Gasteiger partial charge on any atom is -0.490 e. The molecule has 174 valence electrons. The lowest BCUT2D eigenvalue weighted by Gasteiger charge is -2.28. The molecule has 0 unspecified atom stereocenters. The standard InChI is InChI=1S/C23H22ClN7O3/c1-2-34-21-16(24)9-14(10-17(21)26)20-19(22(27)32)18-12-30(7-8-31(18)29-20)23(33)28-15-5-3-13(11-25)4-6-15/h3-6,9-10H,2,7-8,12,26H2,1H3,(H2,27,32)(H,28,33). The Bertz CT molecular complexity index is 1290. The Balaban J connectivity index is 1.63. The Morgan fingerprint density at radius 1 is 1.26 bits per heavy atom. The van der Waals surface area contributed by atoms with Crippen LogP contribution < -0.4 is 21.5 Å². The molecule has 0 bridgehead atoms. The number of nitrogens with one attached hydrogen (secondary N) is 1. The zero-order valence-corrected chi connectivity index (χ0v) is 19.1. The second-order valence-electron chi connectivity index (χ2n) is 7.61. The molecular weight excluding hydrogens is 458 g/mol. The van der Waals surface area contributed by atoms with E-state index in [1.807, 2.05) is 13.0 Å². The lowest BCUT2D eigenvalue weighted by Crippen LogP contribution is -2.41. The number of nitrogens with zero attached hydrogens (tertiary/aromatic N) is 4. The molecule has 2 heterocycles. The van der Waals surface area contributed by atoms with Gasteiger partial charge in [0.05, 0.1) is 53.3 Å². The molecule has 0 saturated carbocycles. The van der Waals surface area contributed by atoms with Crippen LogP contribution in [0.15, 0.2) is 36.4 Å². The molecule has 1 aliphatic heterocycles. The zero-order chi connectivity index (χ0) is 24.4. The molecule has 0 aliphatic carbocycles. The average molecular weight is 480 g/mol. The van der Waals surface area contributed by atoms with Crippen LogP contribution in [0.3, 0.4) is 0 Å². The molecule has 0 spiro atoms. The molecule has 11 heteroatoms. The Labute approximate surface area is 200 Å². The number of benzene rings is 2. The molecule has 34 heavy (non-hydrogen) atoms. The minimum atomic E-state index is -0.672. The summed E-state index contributed by atoms with van der Waals surface area (Å²) < 4.78 is 7.15. The van der Waals surface area contributed by atoms with Crippen molar-refractivity contribution >= 4 is 34.9 Å². The topological polar surface area (TPSA) is 152 Å². The number of nitrogens with two attached hydrogens (primary N) is 2. The number of carbonyl (C=O) groups is 2. The summed E-state index contributed by atoms with van der Waals surface area (Å²) in [5, 5.41) is 16.6. The molecular formula is C23H22ClN7O3. The summed E-state index contributed by atoms with van der Waals surface area (Å²) >= 11 is 6.35. The molecule has 10 nitrogen and oxygen atoms in total. The van der Waals surface area contributed by atoms with Crippen molar-refractivity contribution < 1.29 is 14.3 Å². The van der Waals surface area contributed by atoms with Gasteiger partial charge in [0.1, 0.15) is 5.69 Å². The van der Waals surface area contributed by atoms with Crippen molar-refractivity contribution in [2.75, 3.05) is 24.2 Å². The largest absolute Gasteiger partial charge is 0.490 e. The number of hydrogen-bond acceptors (Lipinski definition) is 6. The van der Waals surface area contributed by atoms with E-state index in [2.05, 4.69) is 10.4 Å². The second kappa shape index (κ2) is 9.33. The number of amides is 3. The van der Waals surface area contributed by atoms with Crippen molar-refractivity contribution in [3.8, 4) is 23.1 Å². The molecule has 3 aromatic rings. The fourth-order valence-electron chi connectivity index (χ4n) is 3.83. The van der Waals surface area contributed by atoms with E-state index < -0.39 is 5.91 Å². The molecule has 1 aliphatic rings. The number of carbonyl (C=O) groups excluding carboxylic acids is 2. The van der Waals surface area contributed by atoms with Gasteiger partial charge in [0.25, 0.3) is 5.91 Å². The van der Waals surface area contributed by atoms with Gasteiger partial charge in [0, 0.05) is 17.8 Å². The van der Waals surface area contributed by atoms with Gasteiger partial charge in [0.15, 0.2) is 5.75 Å². The Morgan fingerprint density at radius 3 is 2.62 bits per heavy atom. The zero-order valence-electron chi connectivity index (χ0n) is 18.3. The highest BCUT2D eigenvalue weighted by atomic mass is 35.5. The van der Waals surface area contributed by atoms with Gasteiger partial charge in [-0.3, -0.25) is 9.48 Å². The first-order chi connectivity index (χ1) is 16.3. The van der Waals surface area contributed by atoms with Crippen molar-refractivity contribution in [2.24, 2.45) is 5.73 Å². The predicted molar refractivity (Wildman–Crippen MR) is 127 cm³/mol. The van der Waals surface area contributed by atoms with Gasteiger partial charge in [-0.05, 0) is 43.3 Å². The van der Waals surface area contributed by atoms with Crippen molar-refractivity contribution in [1.82, 2.24) is 14.7 Å². The van der Waals surface area contributed by atoms with Crippen molar-refractivity contribution in [2.45, 2.75) is 20.0 Å². The number of fused-ring (bicyclic) bond motifs is 1. The minimum absolute atomic E-state index is 0.133. The smallest absolute Gasteiger partial charge is 0.322 e. The SMILES string of the molecule is CCOc1c(N)cc(-c2nn3c(c2C(N)=O)CN(C(=O)Nc2ccc(C#N)cc2)CC3)cc1Cl. The van der Waals surface area contributed by atoms with Gasteiger partial charge >= 0.3 is 6.03 Å². The van der Waals surface area contributed by atoms with Gasteiger partial charge in [-0.15, -0.1) is 0 Å². The monoisotopic (exact) mass is 479 g/mol. The van der Waals surface area contributed by atoms with Crippen LogP contribution in [0.1, 0.15) is 28.5 Å². The summed E-state index contributed by atoms with van der Waals surface area (Å²) in [5.41, 5.74) is 14.8. The van der Waals surface area contributed by atoms with E-state index in [1.54, 1.807) is 46.0 Å². The highest BCUT2D eigenvalue weighted by Gasteiger charge is 2.30. The normalized spacial score (nSPS) is 12.6. The number of nitriles is 1. The number of aromatic nitrogens is 2. The number of urea groups is 1. The molecule has 0 radical (unpaired) electrons. The fraction of sp³-hybridized carbons (Fsp3) is 0.217. The van der Waals surface area contributed by atoms with Crippen LogP contribution in [0.25, 0.3) is 11.3 Å². The molecule has 2 aromatic carbocycles. The Kier molecular flexibility index (Phi) is 6.30. The molecule has 0 fully saturated rings. The Morgan fingerprint density at radius 2 is 2.00 bits per heavy atom. The number of anilines is 2. The molecule has 3 amide bonds. The fourth-order valence-corrected chi connectivity index (χ4v) is 4.11. The first-order valence-corrected chi connectivity index (χ1v) is 10.9. The van der Waals surface area contributed by atoms with Crippen molar-refractivity contribution in [1.29, 1.82) is 5.26 Å². The lowest BCUT2D eigenvalue weighted by molar-refractivity contribution is 0.0997. The van der Waals surface area contributed by atoms with E-state index in [0.29, 0.717) is 64.4 Å². The van der Waals surface area contributed by atoms with E-state index in [1.165, 1.54) is 0 Å². The van der Waals surface area contributed by atoms with Crippen LogP contribution in [0.5, 0.6) is 5.75 Å².